The number of nitrogens with zero attached hydrogens (tertiary/aromatic N) is 2. The molecule has 1 aromatic heterocycles. The van der Waals surface area contributed by atoms with Gasteiger partial charge in [-0.05, 0) is 29.6 Å². The van der Waals surface area contributed by atoms with E-state index in [0.29, 0.717) is 17.1 Å². The maximum atomic E-state index is 12.3. The van der Waals surface area contributed by atoms with Crippen molar-refractivity contribution in [3.63, 3.8) is 0 Å². The lowest BCUT2D eigenvalue weighted by molar-refractivity contribution is -0.117. The second-order valence-corrected chi connectivity index (χ2v) is 7.30. The smallest absolute Gasteiger partial charge is 0.350 e. The summed E-state index contributed by atoms with van der Waals surface area (Å²) in [7, 11) is 1.33. The molecular weight excluding hydrogens is 374 g/mol. The van der Waals surface area contributed by atoms with Crippen molar-refractivity contribution in [1.29, 1.82) is 0 Å². The van der Waals surface area contributed by atoms with Gasteiger partial charge < -0.3 is 15.0 Å². The van der Waals surface area contributed by atoms with E-state index >= 15 is 0 Å². The number of rotatable bonds is 5. The number of esters is 1. The third-order valence-electron chi connectivity index (χ3n) is 4.22. The van der Waals surface area contributed by atoms with Crippen LogP contribution in [0.3, 0.4) is 0 Å². The second-order valence-electron chi connectivity index (χ2n) is 5.95. The number of carbonyl (C=O) groups is 2. The summed E-state index contributed by atoms with van der Waals surface area (Å²) in [6.45, 7) is 3.53. The van der Waals surface area contributed by atoms with Crippen molar-refractivity contribution < 1.29 is 14.3 Å². The monoisotopic (exact) mass is 393 g/mol. The van der Waals surface area contributed by atoms with E-state index in [0.717, 1.165) is 36.9 Å². The lowest BCUT2D eigenvalue weighted by atomic mass is 10.2. The third-order valence-corrected chi connectivity index (χ3v) is 5.35. The average Bonchev–Trinajstić information content (AvgIpc) is 3.09. The quantitative estimate of drug-likeness (QED) is 0.791. The summed E-state index contributed by atoms with van der Waals surface area (Å²) < 4.78 is 4.72. The first-order valence-corrected chi connectivity index (χ1v) is 9.51. The van der Waals surface area contributed by atoms with Crippen LogP contribution < -0.4 is 10.2 Å². The number of thiophene rings is 1. The van der Waals surface area contributed by atoms with E-state index < -0.39 is 5.97 Å². The molecule has 8 heteroatoms. The number of benzene rings is 1. The van der Waals surface area contributed by atoms with Gasteiger partial charge in [-0.25, -0.2) is 4.79 Å². The van der Waals surface area contributed by atoms with Crippen LogP contribution in [0.4, 0.5) is 11.4 Å². The fourth-order valence-corrected chi connectivity index (χ4v) is 3.84. The molecule has 0 saturated carbocycles. The molecule has 0 spiro atoms. The SMILES string of the molecule is COC(=O)c1sccc1NC(=O)CN1CCN(c2cccc(Cl)c2)CC1. The standard InChI is InChI=1S/C18H20ClN3O3S/c1-25-18(24)17-15(5-10-26-17)20-16(23)12-21-6-8-22(9-7-21)14-4-2-3-13(19)11-14/h2-5,10-11H,6-9,12H2,1H3,(H,20,23). The van der Waals surface area contributed by atoms with Crippen LogP contribution in [0.25, 0.3) is 0 Å². The molecule has 1 aromatic carbocycles. The number of hydrogen-bond acceptors (Lipinski definition) is 6. The number of anilines is 2. The number of amides is 1. The first kappa shape index (κ1) is 18.7. The maximum absolute atomic E-state index is 12.3. The second kappa shape index (κ2) is 8.53. The van der Waals surface area contributed by atoms with Gasteiger partial charge in [0.1, 0.15) is 4.88 Å². The molecule has 0 unspecified atom stereocenters. The predicted molar refractivity (Wildman–Crippen MR) is 104 cm³/mol. The van der Waals surface area contributed by atoms with Gasteiger partial charge in [-0.1, -0.05) is 17.7 Å². The predicted octanol–water partition coefficient (Wildman–Crippen LogP) is 2.95. The Bertz CT molecular complexity index is 787. The molecule has 0 radical (unpaired) electrons. The molecule has 1 saturated heterocycles. The molecule has 1 aliphatic rings. The fraction of sp³-hybridized carbons (Fsp3) is 0.333. The number of methoxy groups -OCH3 is 1. The zero-order valence-electron chi connectivity index (χ0n) is 14.4. The van der Waals surface area contributed by atoms with E-state index in [4.69, 9.17) is 16.3 Å². The first-order valence-electron chi connectivity index (χ1n) is 8.25. The van der Waals surface area contributed by atoms with E-state index in [-0.39, 0.29) is 5.91 Å². The topological polar surface area (TPSA) is 61.9 Å². The summed E-state index contributed by atoms with van der Waals surface area (Å²) in [4.78, 5) is 28.7. The molecule has 1 fully saturated rings. The van der Waals surface area contributed by atoms with Gasteiger partial charge >= 0.3 is 5.97 Å². The molecule has 26 heavy (non-hydrogen) atoms. The largest absolute Gasteiger partial charge is 0.465 e. The number of hydrogen-bond donors (Lipinski definition) is 1. The maximum Gasteiger partial charge on any atom is 0.350 e. The van der Waals surface area contributed by atoms with Gasteiger partial charge in [0, 0.05) is 36.9 Å². The van der Waals surface area contributed by atoms with E-state index in [1.54, 1.807) is 11.4 Å². The average molecular weight is 394 g/mol. The van der Waals surface area contributed by atoms with Gasteiger partial charge in [-0.3, -0.25) is 9.69 Å². The number of halogens is 1. The van der Waals surface area contributed by atoms with Crippen LogP contribution in [0.15, 0.2) is 35.7 Å². The third kappa shape index (κ3) is 4.55. The van der Waals surface area contributed by atoms with Crippen LogP contribution in [0.1, 0.15) is 9.67 Å². The summed E-state index contributed by atoms with van der Waals surface area (Å²) in [6.07, 6.45) is 0. The molecule has 2 aromatic rings. The van der Waals surface area contributed by atoms with Gasteiger partial charge in [0.25, 0.3) is 0 Å². The Balaban J connectivity index is 1.51. The van der Waals surface area contributed by atoms with Crippen LogP contribution >= 0.6 is 22.9 Å². The van der Waals surface area contributed by atoms with Crippen molar-refractivity contribution in [3.05, 3.63) is 45.6 Å². The summed E-state index contributed by atoms with van der Waals surface area (Å²) in [5, 5.41) is 5.28. The van der Waals surface area contributed by atoms with Gasteiger partial charge in [0.2, 0.25) is 5.91 Å². The van der Waals surface area contributed by atoms with Crippen molar-refractivity contribution in [2.24, 2.45) is 0 Å². The van der Waals surface area contributed by atoms with Crippen LogP contribution in [-0.4, -0.2) is 56.6 Å². The molecule has 0 atom stereocenters. The molecule has 1 amide bonds. The van der Waals surface area contributed by atoms with E-state index in [1.807, 2.05) is 24.3 Å². The van der Waals surface area contributed by atoms with Crippen molar-refractivity contribution in [1.82, 2.24) is 4.90 Å². The Labute approximate surface area is 161 Å². The van der Waals surface area contributed by atoms with E-state index in [9.17, 15) is 9.59 Å². The minimum absolute atomic E-state index is 0.134. The Kier molecular flexibility index (Phi) is 6.13. The van der Waals surface area contributed by atoms with Gasteiger partial charge in [0.05, 0.1) is 19.3 Å². The van der Waals surface area contributed by atoms with Gasteiger partial charge in [-0.15, -0.1) is 11.3 Å². The Hall–Kier alpha value is -2.09. The molecule has 2 heterocycles. The minimum Gasteiger partial charge on any atom is -0.465 e. The molecule has 1 aliphatic heterocycles. The molecule has 6 nitrogen and oxygen atoms in total. The van der Waals surface area contributed by atoms with Crippen LogP contribution in [-0.2, 0) is 9.53 Å². The molecule has 138 valence electrons. The van der Waals surface area contributed by atoms with Gasteiger partial charge in [-0.2, -0.15) is 0 Å². The Morgan fingerprint density at radius 1 is 1.23 bits per heavy atom. The normalized spacial score (nSPS) is 14.9. The zero-order valence-corrected chi connectivity index (χ0v) is 16.0. The highest BCUT2D eigenvalue weighted by molar-refractivity contribution is 7.12. The Morgan fingerprint density at radius 2 is 2.00 bits per heavy atom. The Morgan fingerprint density at radius 3 is 2.69 bits per heavy atom. The lowest BCUT2D eigenvalue weighted by Gasteiger charge is -2.35. The van der Waals surface area contributed by atoms with Gasteiger partial charge in [0.15, 0.2) is 0 Å². The van der Waals surface area contributed by atoms with Crippen molar-refractivity contribution in [2.45, 2.75) is 0 Å². The number of ether oxygens (including phenoxy) is 1. The van der Waals surface area contributed by atoms with Crippen molar-refractivity contribution in [3.8, 4) is 0 Å². The van der Waals surface area contributed by atoms with E-state index in [2.05, 4.69) is 15.1 Å². The number of piperazine rings is 1. The minimum atomic E-state index is -0.439. The van der Waals surface area contributed by atoms with Crippen molar-refractivity contribution in [2.75, 3.05) is 50.1 Å². The highest BCUT2D eigenvalue weighted by Gasteiger charge is 2.21. The summed E-state index contributed by atoms with van der Waals surface area (Å²) >= 11 is 7.30. The van der Waals surface area contributed by atoms with Crippen LogP contribution in [0.5, 0.6) is 0 Å². The summed E-state index contributed by atoms with van der Waals surface area (Å²) in [5.74, 6) is -0.574. The van der Waals surface area contributed by atoms with E-state index in [1.165, 1.54) is 18.4 Å². The highest BCUT2D eigenvalue weighted by Crippen LogP contribution is 2.23. The summed E-state index contributed by atoms with van der Waals surface area (Å²) in [5.41, 5.74) is 1.60. The lowest BCUT2D eigenvalue weighted by Crippen LogP contribution is -2.48. The number of carbonyl (C=O) groups excluding carboxylic acids is 2. The molecule has 0 bridgehead atoms. The van der Waals surface area contributed by atoms with Crippen LogP contribution in [0.2, 0.25) is 5.02 Å². The highest BCUT2D eigenvalue weighted by atomic mass is 35.5. The first-order chi connectivity index (χ1) is 12.6. The molecule has 0 aliphatic carbocycles. The number of nitrogens with one attached hydrogen (secondary N) is 1. The summed E-state index contributed by atoms with van der Waals surface area (Å²) in [6, 6.07) is 9.51. The fourth-order valence-electron chi connectivity index (χ4n) is 2.89. The van der Waals surface area contributed by atoms with Crippen LogP contribution in [0, 0.1) is 0 Å². The zero-order chi connectivity index (χ0) is 18.5. The van der Waals surface area contributed by atoms with Crippen molar-refractivity contribution >= 4 is 46.2 Å². The molecule has 1 N–H and O–H groups in total. The molecule has 3 rings (SSSR count). The molecular formula is C18H20ClN3O3S.